The minimum Gasteiger partial charge on any atom is -0.465 e. The van der Waals surface area contributed by atoms with Crippen molar-refractivity contribution in [3.8, 4) is 11.1 Å². The summed E-state index contributed by atoms with van der Waals surface area (Å²) in [4.78, 5) is 11.8. The number of hydrogen-bond donors (Lipinski definition) is 1. The molecule has 0 aromatic heterocycles. The van der Waals surface area contributed by atoms with E-state index in [-0.39, 0.29) is 24.4 Å². The summed E-state index contributed by atoms with van der Waals surface area (Å²) < 4.78 is 5.09. The number of fused-ring (bicyclic) bond motifs is 1. The van der Waals surface area contributed by atoms with E-state index in [1.807, 2.05) is 25.1 Å². The maximum Gasteiger partial charge on any atom is 0.323 e. The molecule has 1 N–H and O–H groups in total. The van der Waals surface area contributed by atoms with E-state index in [1.54, 1.807) is 0 Å². The number of hydrogen-bond acceptors (Lipinski definition) is 3. The van der Waals surface area contributed by atoms with Gasteiger partial charge in [0.15, 0.2) is 0 Å². The summed E-state index contributed by atoms with van der Waals surface area (Å²) in [5.41, 5.74) is 4.92. The Balaban J connectivity index is 0.00000176. The van der Waals surface area contributed by atoms with Crippen LogP contribution in [0.3, 0.4) is 0 Å². The monoisotopic (exact) mass is 317 g/mol. The Morgan fingerprint density at radius 2 is 1.91 bits per heavy atom. The van der Waals surface area contributed by atoms with Crippen LogP contribution in [-0.4, -0.2) is 18.6 Å². The number of carbonyl (C=O) groups excluding carboxylic acids is 1. The van der Waals surface area contributed by atoms with E-state index in [4.69, 9.17) is 4.74 Å². The Morgan fingerprint density at radius 1 is 1.14 bits per heavy atom. The minimum atomic E-state index is -0.222. The van der Waals surface area contributed by atoms with Gasteiger partial charge >= 0.3 is 5.97 Å². The van der Waals surface area contributed by atoms with Crippen molar-refractivity contribution in [2.24, 2.45) is 0 Å². The van der Waals surface area contributed by atoms with Gasteiger partial charge in [0, 0.05) is 6.54 Å². The molecule has 1 heterocycles. The average Bonchev–Trinajstić information content (AvgIpc) is 2.55. The SMILES string of the molecule is CCOC(=O)[C@@H]1Cc2ccc(-c3ccccc3)cc2CN1.Cl. The second-order valence-electron chi connectivity index (χ2n) is 5.24. The molecule has 22 heavy (non-hydrogen) atoms. The zero-order chi connectivity index (χ0) is 14.7. The molecule has 0 amide bonds. The molecule has 0 saturated heterocycles. The van der Waals surface area contributed by atoms with Crippen molar-refractivity contribution in [3.05, 3.63) is 59.7 Å². The molecule has 3 nitrogen and oxygen atoms in total. The fourth-order valence-electron chi connectivity index (χ4n) is 2.73. The molecule has 0 bridgehead atoms. The van der Waals surface area contributed by atoms with Crippen LogP contribution in [0.15, 0.2) is 48.5 Å². The third-order valence-electron chi connectivity index (χ3n) is 3.85. The number of rotatable bonds is 3. The van der Waals surface area contributed by atoms with Crippen LogP contribution in [0.4, 0.5) is 0 Å². The summed E-state index contributed by atoms with van der Waals surface area (Å²) in [6.07, 6.45) is 0.698. The van der Waals surface area contributed by atoms with Crippen LogP contribution in [0.25, 0.3) is 11.1 Å². The second-order valence-corrected chi connectivity index (χ2v) is 5.24. The Kier molecular flexibility index (Phi) is 5.58. The van der Waals surface area contributed by atoms with Gasteiger partial charge in [-0.25, -0.2) is 0 Å². The summed E-state index contributed by atoms with van der Waals surface area (Å²) >= 11 is 0. The molecule has 1 aliphatic heterocycles. The Labute approximate surface area is 137 Å². The number of nitrogens with one attached hydrogen (secondary N) is 1. The van der Waals surface area contributed by atoms with E-state index in [0.717, 1.165) is 0 Å². The van der Waals surface area contributed by atoms with E-state index < -0.39 is 0 Å². The Morgan fingerprint density at radius 3 is 2.64 bits per heavy atom. The van der Waals surface area contributed by atoms with Gasteiger partial charge in [0.05, 0.1) is 6.61 Å². The largest absolute Gasteiger partial charge is 0.465 e. The van der Waals surface area contributed by atoms with Gasteiger partial charge in [0.2, 0.25) is 0 Å². The lowest BCUT2D eigenvalue weighted by molar-refractivity contribution is -0.145. The topological polar surface area (TPSA) is 38.3 Å². The van der Waals surface area contributed by atoms with Crippen LogP contribution in [0.5, 0.6) is 0 Å². The van der Waals surface area contributed by atoms with Gasteiger partial charge in [0.1, 0.15) is 6.04 Å². The van der Waals surface area contributed by atoms with Crippen molar-refractivity contribution in [2.45, 2.75) is 25.9 Å². The van der Waals surface area contributed by atoms with Crippen LogP contribution in [0.1, 0.15) is 18.1 Å². The molecular formula is C18H20ClNO2. The number of halogens is 1. The van der Waals surface area contributed by atoms with Crippen molar-refractivity contribution >= 4 is 18.4 Å². The smallest absolute Gasteiger partial charge is 0.323 e. The highest BCUT2D eigenvalue weighted by Crippen LogP contribution is 2.25. The van der Waals surface area contributed by atoms with Gasteiger partial charge in [-0.3, -0.25) is 4.79 Å². The lowest BCUT2D eigenvalue weighted by Crippen LogP contribution is -2.42. The fourth-order valence-corrected chi connectivity index (χ4v) is 2.73. The van der Waals surface area contributed by atoms with Crippen LogP contribution >= 0.6 is 12.4 Å². The first-order chi connectivity index (χ1) is 10.3. The molecule has 0 unspecified atom stereocenters. The quantitative estimate of drug-likeness (QED) is 0.882. The molecule has 0 saturated carbocycles. The molecule has 3 rings (SSSR count). The minimum absolute atomic E-state index is 0. The molecule has 2 aromatic carbocycles. The van der Waals surface area contributed by atoms with E-state index in [2.05, 4.69) is 35.6 Å². The van der Waals surface area contributed by atoms with Crippen LogP contribution in [0, 0.1) is 0 Å². The van der Waals surface area contributed by atoms with Gasteiger partial charge in [-0.2, -0.15) is 0 Å². The van der Waals surface area contributed by atoms with Crippen molar-refractivity contribution in [1.29, 1.82) is 0 Å². The molecule has 0 aliphatic carbocycles. The first-order valence-corrected chi connectivity index (χ1v) is 7.35. The lowest BCUT2D eigenvalue weighted by atomic mass is 9.92. The number of benzene rings is 2. The normalized spacial score (nSPS) is 16.3. The van der Waals surface area contributed by atoms with Gasteiger partial charge in [0.25, 0.3) is 0 Å². The van der Waals surface area contributed by atoms with Gasteiger partial charge < -0.3 is 10.1 Å². The summed E-state index contributed by atoms with van der Waals surface area (Å²) in [5.74, 6) is -0.157. The third kappa shape index (κ3) is 3.49. The molecule has 0 radical (unpaired) electrons. The van der Waals surface area contributed by atoms with E-state index >= 15 is 0 Å². The van der Waals surface area contributed by atoms with Gasteiger partial charge in [-0.1, -0.05) is 42.5 Å². The second kappa shape index (κ2) is 7.43. The molecular weight excluding hydrogens is 298 g/mol. The van der Waals surface area contributed by atoms with E-state index in [0.29, 0.717) is 19.6 Å². The maximum atomic E-state index is 11.8. The maximum absolute atomic E-state index is 11.8. The van der Waals surface area contributed by atoms with Crippen LogP contribution in [-0.2, 0) is 22.5 Å². The molecule has 0 fully saturated rings. The molecule has 1 atom stereocenters. The first-order valence-electron chi connectivity index (χ1n) is 7.35. The first kappa shape index (κ1) is 16.5. The highest BCUT2D eigenvalue weighted by molar-refractivity contribution is 5.85. The molecule has 4 heteroatoms. The number of esters is 1. The zero-order valence-electron chi connectivity index (χ0n) is 12.5. The molecule has 2 aromatic rings. The van der Waals surface area contributed by atoms with Crippen molar-refractivity contribution in [1.82, 2.24) is 5.32 Å². The molecule has 0 spiro atoms. The standard InChI is InChI=1S/C18H19NO2.ClH/c1-2-21-18(20)17-11-15-9-8-14(10-16(15)12-19-17)13-6-4-3-5-7-13;/h3-10,17,19H,2,11-12H2,1H3;1H/t17-;/m0./s1. The number of ether oxygens (including phenoxy) is 1. The summed E-state index contributed by atoms with van der Waals surface area (Å²) in [7, 11) is 0. The van der Waals surface area contributed by atoms with E-state index in [9.17, 15) is 4.79 Å². The summed E-state index contributed by atoms with van der Waals surface area (Å²) in [5, 5.41) is 3.26. The Bertz CT molecular complexity index is 643. The van der Waals surface area contributed by atoms with E-state index in [1.165, 1.54) is 22.3 Å². The third-order valence-corrected chi connectivity index (χ3v) is 3.85. The van der Waals surface area contributed by atoms with Crippen molar-refractivity contribution in [3.63, 3.8) is 0 Å². The number of carbonyl (C=O) groups is 1. The predicted octanol–water partition coefficient (Wildman–Crippen LogP) is 3.35. The van der Waals surface area contributed by atoms with Crippen molar-refractivity contribution in [2.75, 3.05) is 6.61 Å². The van der Waals surface area contributed by atoms with Gasteiger partial charge in [-0.05, 0) is 41.7 Å². The van der Waals surface area contributed by atoms with Crippen molar-refractivity contribution < 1.29 is 9.53 Å². The van der Waals surface area contributed by atoms with Gasteiger partial charge in [-0.15, -0.1) is 12.4 Å². The zero-order valence-corrected chi connectivity index (χ0v) is 13.4. The molecule has 116 valence electrons. The molecule has 1 aliphatic rings. The van der Waals surface area contributed by atoms with Crippen LogP contribution < -0.4 is 5.32 Å². The highest BCUT2D eigenvalue weighted by atomic mass is 35.5. The average molecular weight is 318 g/mol. The Hall–Kier alpha value is -1.84. The summed E-state index contributed by atoms with van der Waals surface area (Å²) in [6.45, 7) is 2.97. The lowest BCUT2D eigenvalue weighted by Gasteiger charge is -2.25. The highest BCUT2D eigenvalue weighted by Gasteiger charge is 2.25. The predicted molar refractivity (Wildman–Crippen MR) is 90.1 cm³/mol. The van der Waals surface area contributed by atoms with Crippen LogP contribution in [0.2, 0.25) is 0 Å². The summed E-state index contributed by atoms with van der Waals surface area (Å²) in [6, 6.07) is 16.6. The fraction of sp³-hybridized carbons (Fsp3) is 0.278.